The minimum absolute atomic E-state index is 0.133. The molecule has 1 unspecified atom stereocenters. The third kappa shape index (κ3) is 1.64. The molecule has 0 fully saturated rings. The standard InChI is InChI=1S/C10H18O/c1-7-5-9(11)6-10(3,4)8(7)2/h9,11H,5-6H2,1-4H3/p+1. The highest BCUT2D eigenvalue weighted by atomic mass is 16.3. The van der Waals surface area contributed by atoms with Crippen LogP contribution < -0.4 is 0 Å². The smallest absolute Gasteiger partial charge is 0.158 e. The van der Waals surface area contributed by atoms with Crippen molar-refractivity contribution in [2.75, 3.05) is 0 Å². The van der Waals surface area contributed by atoms with E-state index in [9.17, 15) is 0 Å². The lowest BCUT2D eigenvalue weighted by molar-refractivity contribution is 0.115. The highest BCUT2D eigenvalue weighted by Gasteiger charge is 2.32. The number of hydrogen-bond donors (Lipinski definition) is 0. The zero-order valence-electron chi connectivity index (χ0n) is 7.99. The fraction of sp³-hybridized carbons (Fsp3) is 0.800. The second-order valence-electron chi connectivity index (χ2n) is 4.39. The van der Waals surface area contributed by atoms with Gasteiger partial charge in [-0.1, -0.05) is 25.0 Å². The molecule has 1 aliphatic carbocycles. The van der Waals surface area contributed by atoms with Gasteiger partial charge >= 0.3 is 0 Å². The van der Waals surface area contributed by atoms with Crippen molar-refractivity contribution in [3.8, 4) is 0 Å². The van der Waals surface area contributed by atoms with Gasteiger partial charge < -0.3 is 5.11 Å². The highest BCUT2D eigenvalue weighted by molar-refractivity contribution is 5.21. The Balaban J connectivity index is 2.93. The molecule has 0 radical (unpaired) electrons. The van der Waals surface area contributed by atoms with Crippen LogP contribution in [0.5, 0.6) is 0 Å². The molecule has 1 rings (SSSR count). The average molecular weight is 155 g/mol. The van der Waals surface area contributed by atoms with E-state index in [1.807, 2.05) is 0 Å². The minimum Gasteiger partial charge on any atom is -0.443 e. The second kappa shape index (κ2) is 2.63. The van der Waals surface area contributed by atoms with Gasteiger partial charge in [0.2, 0.25) is 0 Å². The predicted octanol–water partition coefficient (Wildman–Crippen LogP) is 2.24. The van der Waals surface area contributed by atoms with Gasteiger partial charge in [0.15, 0.2) is 6.10 Å². The Morgan fingerprint density at radius 2 is 1.91 bits per heavy atom. The summed E-state index contributed by atoms with van der Waals surface area (Å²) in [4.78, 5) is 0. The Morgan fingerprint density at radius 1 is 1.36 bits per heavy atom. The lowest BCUT2D eigenvalue weighted by atomic mass is 9.72. The van der Waals surface area contributed by atoms with Crippen molar-refractivity contribution in [3.05, 3.63) is 11.1 Å². The van der Waals surface area contributed by atoms with Crippen LogP contribution in [-0.4, -0.2) is 11.2 Å². The van der Waals surface area contributed by atoms with Crippen molar-refractivity contribution in [1.29, 1.82) is 0 Å². The zero-order chi connectivity index (χ0) is 8.65. The maximum Gasteiger partial charge on any atom is 0.158 e. The van der Waals surface area contributed by atoms with Gasteiger partial charge in [-0.2, -0.15) is 0 Å². The molecule has 0 saturated heterocycles. The van der Waals surface area contributed by atoms with E-state index in [2.05, 4.69) is 27.7 Å². The van der Waals surface area contributed by atoms with Gasteiger partial charge in [-0.25, -0.2) is 0 Å². The van der Waals surface area contributed by atoms with E-state index in [1.54, 1.807) is 0 Å². The molecule has 11 heavy (non-hydrogen) atoms. The van der Waals surface area contributed by atoms with Crippen LogP contribution in [0.25, 0.3) is 0 Å². The largest absolute Gasteiger partial charge is 0.443 e. The van der Waals surface area contributed by atoms with Gasteiger partial charge in [0.25, 0.3) is 0 Å². The first-order valence-electron chi connectivity index (χ1n) is 4.31. The molecule has 0 saturated carbocycles. The highest BCUT2D eigenvalue weighted by Crippen LogP contribution is 2.39. The van der Waals surface area contributed by atoms with Crippen LogP contribution in [0.1, 0.15) is 40.5 Å². The lowest BCUT2D eigenvalue weighted by Gasteiger charge is -2.33. The summed E-state index contributed by atoms with van der Waals surface area (Å²) in [5.74, 6) is 0. The summed E-state index contributed by atoms with van der Waals surface area (Å²) < 4.78 is 0. The second-order valence-corrected chi connectivity index (χ2v) is 4.39. The molecule has 0 aliphatic heterocycles. The molecule has 2 N–H and O–H groups in total. The average Bonchev–Trinajstić information content (AvgIpc) is 1.81. The van der Waals surface area contributed by atoms with Crippen molar-refractivity contribution in [3.63, 3.8) is 0 Å². The van der Waals surface area contributed by atoms with E-state index in [1.165, 1.54) is 11.1 Å². The van der Waals surface area contributed by atoms with E-state index < -0.39 is 0 Å². The summed E-state index contributed by atoms with van der Waals surface area (Å²) in [6.07, 6.45) is 2.14. The van der Waals surface area contributed by atoms with E-state index in [0.717, 1.165) is 12.8 Å². The van der Waals surface area contributed by atoms with Crippen LogP contribution in [0.3, 0.4) is 0 Å². The lowest BCUT2D eigenvalue weighted by Crippen LogP contribution is -2.27. The molecule has 0 aromatic carbocycles. The maximum absolute atomic E-state index is 7.71. The molecule has 64 valence electrons. The van der Waals surface area contributed by atoms with E-state index >= 15 is 0 Å². The topological polar surface area (TPSA) is 22.9 Å². The van der Waals surface area contributed by atoms with Crippen LogP contribution in [0.4, 0.5) is 0 Å². The van der Waals surface area contributed by atoms with Crippen molar-refractivity contribution in [1.82, 2.24) is 0 Å². The first-order chi connectivity index (χ1) is 4.93. The van der Waals surface area contributed by atoms with Crippen molar-refractivity contribution >= 4 is 0 Å². The summed E-state index contributed by atoms with van der Waals surface area (Å²) in [6, 6.07) is 0. The molecule has 0 spiro atoms. The third-order valence-corrected chi connectivity index (χ3v) is 2.96. The van der Waals surface area contributed by atoms with Gasteiger partial charge in [0, 0.05) is 12.8 Å². The normalized spacial score (nSPS) is 30.8. The van der Waals surface area contributed by atoms with Crippen molar-refractivity contribution in [2.45, 2.75) is 46.6 Å². The van der Waals surface area contributed by atoms with Crippen LogP contribution in [0.15, 0.2) is 11.1 Å². The van der Waals surface area contributed by atoms with E-state index in [0.29, 0.717) is 0 Å². The summed E-state index contributed by atoms with van der Waals surface area (Å²) in [7, 11) is 0. The van der Waals surface area contributed by atoms with Gasteiger partial charge in [-0.3, -0.25) is 0 Å². The molecule has 1 atom stereocenters. The van der Waals surface area contributed by atoms with Crippen molar-refractivity contribution < 1.29 is 5.11 Å². The quantitative estimate of drug-likeness (QED) is 0.378. The molecule has 1 aliphatic rings. The molecular weight excluding hydrogens is 136 g/mol. The molecule has 1 nitrogen and oxygen atoms in total. The SMILES string of the molecule is CC1=C(C)C(C)(C)CC([OH2+])C1. The molecule has 0 amide bonds. The predicted molar refractivity (Wildman–Crippen MR) is 48.8 cm³/mol. The molecule has 0 heterocycles. The molecular formula is C10H19O+. The third-order valence-electron chi connectivity index (χ3n) is 2.96. The van der Waals surface area contributed by atoms with E-state index in [4.69, 9.17) is 5.11 Å². The number of hydrogen-bond acceptors (Lipinski definition) is 0. The first-order valence-corrected chi connectivity index (χ1v) is 4.31. The van der Waals surface area contributed by atoms with Gasteiger partial charge in [0.1, 0.15) is 0 Å². The fourth-order valence-corrected chi connectivity index (χ4v) is 1.94. The van der Waals surface area contributed by atoms with Crippen LogP contribution >= 0.6 is 0 Å². The van der Waals surface area contributed by atoms with Gasteiger partial charge in [-0.15, -0.1) is 0 Å². The summed E-state index contributed by atoms with van der Waals surface area (Å²) in [5, 5.41) is 7.71. The Hall–Kier alpha value is -0.300. The van der Waals surface area contributed by atoms with Gasteiger partial charge in [-0.05, 0) is 19.3 Å². The monoisotopic (exact) mass is 155 g/mol. The maximum atomic E-state index is 7.71. The Morgan fingerprint density at radius 3 is 2.36 bits per heavy atom. The van der Waals surface area contributed by atoms with Crippen LogP contribution in [0, 0.1) is 5.41 Å². The fourth-order valence-electron chi connectivity index (χ4n) is 1.94. The minimum atomic E-state index is 0.133. The van der Waals surface area contributed by atoms with E-state index in [-0.39, 0.29) is 11.5 Å². The van der Waals surface area contributed by atoms with Crippen LogP contribution in [-0.2, 0) is 0 Å². The van der Waals surface area contributed by atoms with Crippen LogP contribution in [0.2, 0.25) is 0 Å². The van der Waals surface area contributed by atoms with Crippen molar-refractivity contribution in [2.24, 2.45) is 5.41 Å². The molecule has 1 heteroatoms. The summed E-state index contributed by atoms with van der Waals surface area (Å²) >= 11 is 0. The molecule has 0 aromatic heterocycles. The number of allylic oxidation sites excluding steroid dienone is 1. The number of rotatable bonds is 0. The first kappa shape index (κ1) is 8.79. The Labute approximate surface area is 69.1 Å². The Bertz CT molecular complexity index is 189. The molecule has 0 aromatic rings. The summed E-state index contributed by atoms with van der Waals surface area (Å²) in [5.41, 5.74) is 3.21. The molecule has 0 bridgehead atoms. The van der Waals surface area contributed by atoms with Gasteiger partial charge in [0.05, 0.1) is 0 Å². The Kier molecular flexibility index (Phi) is 2.10. The summed E-state index contributed by atoms with van der Waals surface area (Å²) in [6.45, 7) is 8.86. The zero-order valence-corrected chi connectivity index (χ0v) is 7.99.